The van der Waals surface area contributed by atoms with Gasteiger partial charge < -0.3 is 9.47 Å². The number of methoxy groups -OCH3 is 1. The molecule has 84 valence electrons. The summed E-state index contributed by atoms with van der Waals surface area (Å²) in [5, 5.41) is 0. The van der Waals surface area contributed by atoms with Crippen molar-refractivity contribution in [3.63, 3.8) is 0 Å². The van der Waals surface area contributed by atoms with E-state index in [0.717, 1.165) is 12.0 Å². The van der Waals surface area contributed by atoms with Crippen molar-refractivity contribution >= 4 is 5.97 Å². The maximum atomic E-state index is 11.6. The van der Waals surface area contributed by atoms with Crippen LogP contribution < -0.4 is 4.74 Å². The predicted molar refractivity (Wildman–Crippen MR) is 61.5 cm³/mol. The highest BCUT2D eigenvalue weighted by Gasteiger charge is 2.16. The van der Waals surface area contributed by atoms with Crippen molar-refractivity contribution in [2.24, 2.45) is 0 Å². The summed E-state index contributed by atoms with van der Waals surface area (Å²) in [6, 6.07) is 5.41. The smallest absolute Gasteiger partial charge is 0.341 e. The van der Waals surface area contributed by atoms with Gasteiger partial charge in [0.25, 0.3) is 0 Å². The number of aryl methyl sites for hydroxylation is 1. The Kier molecular flexibility index (Phi) is 4.41. The molecule has 0 radical (unpaired) electrons. The van der Waals surface area contributed by atoms with E-state index in [4.69, 9.17) is 15.9 Å². The molecule has 0 aromatic heterocycles. The molecule has 0 fully saturated rings. The number of rotatable bonds is 4. The minimum Gasteiger partial charge on any atom is -0.480 e. The van der Waals surface area contributed by atoms with E-state index < -0.39 is 5.97 Å². The van der Waals surface area contributed by atoms with Gasteiger partial charge in [-0.1, -0.05) is 25.0 Å². The Bertz CT molecular complexity index is 416. The van der Waals surface area contributed by atoms with Gasteiger partial charge in [0.05, 0.1) is 7.11 Å². The highest BCUT2D eigenvalue weighted by molar-refractivity contribution is 5.94. The molecule has 0 aliphatic heterocycles. The molecule has 1 rings (SSSR count). The van der Waals surface area contributed by atoms with Crippen LogP contribution in [0, 0.1) is 12.3 Å². The van der Waals surface area contributed by atoms with Crippen LogP contribution >= 0.6 is 0 Å². The molecular weight excluding hydrogens is 204 g/mol. The second-order valence-corrected chi connectivity index (χ2v) is 3.13. The second kappa shape index (κ2) is 5.82. The van der Waals surface area contributed by atoms with E-state index in [1.54, 1.807) is 6.07 Å². The molecular formula is C13H14O3. The molecule has 0 heterocycles. The van der Waals surface area contributed by atoms with Crippen molar-refractivity contribution in [3.8, 4) is 18.1 Å². The summed E-state index contributed by atoms with van der Waals surface area (Å²) in [7, 11) is 1.35. The van der Waals surface area contributed by atoms with Gasteiger partial charge in [-0.15, -0.1) is 6.42 Å². The van der Waals surface area contributed by atoms with Crippen LogP contribution in [0.25, 0.3) is 0 Å². The number of hydrogen-bond donors (Lipinski definition) is 0. The number of ether oxygens (including phenoxy) is 2. The highest BCUT2D eigenvalue weighted by atomic mass is 16.5. The molecule has 0 N–H and O–H groups in total. The average molecular weight is 218 g/mol. The fraction of sp³-hybridized carbons (Fsp3) is 0.308. The number of terminal acetylenes is 1. The topological polar surface area (TPSA) is 35.5 Å². The molecule has 1 aromatic rings. The lowest BCUT2D eigenvalue weighted by Gasteiger charge is -2.11. The van der Waals surface area contributed by atoms with Gasteiger partial charge >= 0.3 is 5.97 Å². The van der Waals surface area contributed by atoms with Crippen LogP contribution in [0.1, 0.15) is 22.8 Å². The predicted octanol–water partition coefficient (Wildman–Crippen LogP) is 2.05. The van der Waals surface area contributed by atoms with Crippen LogP contribution in [-0.2, 0) is 11.2 Å². The Balaban J connectivity index is 3.16. The minimum atomic E-state index is -0.399. The van der Waals surface area contributed by atoms with Crippen LogP contribution in [0.2, 0.25) is 0 Å². The molecule has 0 spiro atoms. The van der Waals surface area contributed by atoms with Crippen molar-refractivity contribution in [1.29, 1.82) is 0 Å². The fourth-order valence-electron chi connectivity index (χ4n) is 1.44. The van der Waals surface area contributed by atoms with E-state index in [1.165, 1.54) is 7.11 Å². The standard InChI is InChI=1S/C13H14O3/c1-4-9-16-11-8-6-7-10(5-2)12(11)13(14)15-3/h1,6-8H,5,9H2,2-3H3. The SMILES string of the molecule is C#CCOc1cccc(CC)c1C(=O)OC. The van der Waals surface area contributed by atoms with Gasteiger partial charge in [-0.3, -0.25) is 0 Å². The third kappa shape index (κ3) is 2.54. The summed E-state index contributed by atoms with van der Waals surface area (Å²) in [5.41, 5.74) is 1.35. The van der Waals surface area contributed by atoms with E-state index in [-0.39, 0.29) is 6.61 Å². The number of carbonyl (C=O) groups is 1. The first-order valence-corrected chi connectivity index (χ1v) is 5.01. The Morgan fingerprint density at radius 3 is 2.81 bits per heavy atom. The van der Waals surface area contributed by atoms with Crippen LogP contribution in [0.5, 0.6) is 5.75 Å². The lowest BCUT2D eigenvalue weighted by molar-refractivity contribution is 0.0595. The molecule has 0 amide bonds. The quantitative estimate of drug-likeness (QED) is 0.573. The van der Waals surface area contributed by atoms with Crippen molar-refractivity contribution in [2.45, 2.75) is 13.3 Å². The third-order valence-electron chi connectivity index (χ3n) is 2.19. The largest absolute Gasteiger partial charge is 0.480 e. The Labute approximate surface area is 95.4 Å². The Hall–Kier alpha value is -1.95. The van der Waals surface area contributed by atoms with Crippen LogP contribution in [0.3, 0.4) is 0 Å². The minimum absolute atomic E-state index is 0.136. The molecule has 0 unspecified atom stereocenters. The Morgan fingerprint density at radius 1 is 1.50 bits per heavy atom. The summed E-state index contributed by atoms with van der Waals surface area (Å²) in [6.07, 6.45) is 5.85. The van der Waals surface area contributed by atoms with Crippen LogP contribution in [0.15, 0.2) is 18.2 Å². The maximum Gasteiger partial charge on any atom is 0.341 e. The zero-order chi connectivity index (χ0) is 12.0. The number of benzene rings is 1. The Morgan fingerprint density at radius 2 is 2.25 bits per heavy atom. The van der Waals surface area contributed by atoms with Crippen LogP contribution in [0.4, 0.5) is 0 Å². The zero-order valence-corrected chi connectivity index (χ0v) is 9.45. The molecule has 3 nitrogen and oxygen atoms in total. The van der Waals surface area contributed by atoms with E-state index in [1.807, 2.05) is 19.1 Å². The molecule has 0 bridgehead atoms. The maximum absolute atomic E-state index is 11.6. The monoisotopic (exact) mass is 218 g/mol. The summed E-state index contributed by atoms with van der Waals surface area (Å²) in [6.45, 7) is 2.10. The van der Waals surface area contributed by atoms with Gasteiger partial charge in [0, 0.05) is 0 Å². The average Bonchev–Trinajstić information content (AvgIpc) is 2.34. The molecule has 0 aliphatic carbocycles. The summed E-state index contributed by atoms with van der Waals surface area (Å²) in [4.78, 5) is 11.6. The lowest BCUT2D eigenvalue weighted by atomic mass is 10.0. The number of hydrogen-bond acceptors (Lipinski definition) is 3. The first-order valence-electron chi connectivity index (χ1n) is 5.01. The molecule has 0 aliphatic rings. The molecule has 16 heavy (non-hydrogen) atoms. The fourth-order valence-corrected chi connectivity index (χ4v) is 1.44. The van der Waals surface area contributed by atoms with Gasteiger partial charge in [0.2, 0.25) is 0 Å². The van der Waals surface area contributed by atoms with Crippen molar-refractivity contribution in [3.05, 3.63) is 29.3 Å². The van der Waals surface area contributed by atoms with E-state index in [0.29, 0.717) is 11.3 Å². The first-order chi connectivity index (χ1) is 7.74. The van der Waals surface area contributed by atoms with Crippen molar-refractivity contribution < 1.29 is 14.3 Å². The highest BCUT2D eigenvalue weighted by Crippen LogP contribution is 2.23. The normalized spacial score (nSPS) is 9.31. The van der Waals surface area contributed by atoms with E-state index in [2.05, 4.69) is 5.92 Å². The first kappa shape index (κ1) is 12.1. The summed E-state index contributed by atoms with van der Waals surface area (Å²) >= 11 is 0. The third-order valence-corrected chi connectivity index (χ3v) is 2.19. The molecule has 0 saturated carbocycles. The van der Waals surface area contributed by atoms with E-state index >= 15 is 0 Å². The van der Waals surface area contributed by atoms with Gasteiger partial charge in [0.1, 0.15) is 17.9 Å². The van der Waals surface area contributed by atoms with E-state index in [9.17, 15) is 4.79 Å². The van der Waals surface area contributed by atoms with Crippen molar-refractivity contribution in [1.82, 2.24) is 0 Å². The van der Waals surface area contributed by atoms with Gasteiger partial charge in [-0.2, -0.15) is 0 Å². The molecule has 0 atom stereocenters. The molecule has 3 heteroatoms. The van der Waals surface area contributed by atoms with Crippen molar-refractivity contribution in [2.75, 3.05) is 13.7 Å². The van der Waals surface area contributed by atoms with Gasteiger partial charge in [-0.25, -0.2) is 4.79 Å². The molecule has 0 saturated heterocycles. The number of carbonyl (C=O) groups excluding carboxylic acids is 1. The molecule has 1 aromatic carbocycles. The number of esters is 1. The zero-order valence-electron chi connectivity index (χ0n) is 9.45. The summed E-state index contributed by atoms with van der Waals surface area (Å²) < 4.78 is 10.0. The van der Waals surface area contributed by atoms with Gasteiger partial charge in [0.15, 0.2) is 0 Å². The lowest BCUT2D eigenvalue weighted by Crippen LogP contribution is -2.09. The van der Waals surface area contributed by atoms with Crippen LogP contribution in [-0.4, -0.2) is 19.7 Å². The van der Waals surface area contributed by atoms with Gasteiger partial charge in [-0.05, 0) is 18.1 Å². The second-order valence-electron chi connectivity index (χ2n) is 3.13. The summed E-state index contributed by atoms with van der Waals surface area (Å²) in [5.74, 6) is 2.44.